The molecule has 2 rings (SSSR count). The molecule has 0 saturated carbocycles. The van der Waals surface area contributed by atoms with Crippen molar-refractivity contribution in [3.63, 3.8) is 0 Å². The molecule has 1 N–H and O–H groups in total. The molecule has 3 heteroatoms. The Bertz CT molecular complexity index is 201. The zero-order chi connectivity index (χ0) is 9.53. The summed E-state index contributed by atoms with van der Waals surface area (Å²) in [7, 11) is 0. The van der Waals surface area contributed by atoms with Crippen LogP contribution in [0.5, 0.6) is 0 Å². The summed E-state index contributed by atoms with van der Waals surface area (Å²) in [5, 5.41) is 4.25. The average molecular weight is 201 g/mol. The largest absolute Gasteiger partial charge is 0.358 e. The molecule has 0 aromatic heterocycles. The Morgan fingerprint density at radius 1 is 1.38 bits per heavy atom. The van der Waals surface area contributed by atoms with Gasteiger partial charge in [0.25, 0.3) is 0 Å². The lowest BCUT2D eigenvalue weighted by molar-refractivity contribution is 0.00432. The van der Waals surface area contributed by atoms with Gasteiger partial charge in [0.2, 0.25) is 0 Å². The average Bonchev–Trinajstić information content (AvgIpc) is 2.58. The van der Waals surface area contributed by atoms with Crippen LogP contribution in [0.15, 0.2) is 0 Å². The predicted octanol–water partition coefficient (Wildman–Crippen LogP) is 2.00. The normalized spacial score (nSPS) is 44.1. The fraction of sp³-hybridized carbons (Fsp3) is 1.00. The maximum atomic E-state index is 5.91. The lowest BCUT2D eigenvalue weighted by atomic mass is 10.0. The van der Waals surface area contributed by atoms with Crippen molar-refractivity contribution in [1.29, 1.82) is 0 Å². The van der Waals surface area contributed by atoms with Crippen molar-refractivity contribution in [1.82, 2.24) is 5.32 Å². The first-order chi connectivity index (χ1) is 6.02. The Morgan fingerprint density at radius 3 is 2.62 bits per heavy atom. The van der Waals surface area contributed by atoms with Gasteiger partial charge in [0.15, 0.2) is 0 Å². The molecule has 0 aliphatic carbocycles. The molecule has 0 radical (unpaired) electrons. The zero-order valence-electron chi connectivity index (χ0n) is 8.72. The third-order valence-corrected chi connectivity index (χ3v) is 4.48. The summed E-state index contributed by atoms with van der Waals surface area (Å²) in [5.74, 6) is 1.30. The molecule has 76 valence electrons. The molecular weight excluding hydrogens is 182 g/mol. The van der Waals surface area contributed by atoms with Crippen LogP contribution in [-0.4, -0.2) is 28.9 Å². The second-order valence-electron chi connectivity index (χ2n) is 4.91. The third kappa shape index (κ3) is 1.88. The highest BCUT2D eigenvalue weighted by molar-refractivity contribution is 8.00. The maximum absolute atomic E-state index is 5.91. The third-order valence-electron chi connectivity index (χ3n) is 2.86. The van der Waals surface area contributed by atoms with Gasteiger partial charge in [-0.3, -0.25) is 5.32 Å². The summed E-state index contributed by atoms with van der Waals surface area (Å²) >= 11 is 2.05. The monoisotopic (exact) mass is 201 g/mol. The number of nitrogens with one attached hydrogen (secondary N) is 1. The van der Waals surface area contributed by atoms with E-state index in [4.69, 9.17) is 4.74 Å². The Hall–Kier alpha value is 0.270. The van der Waals surface area contributed by atoms with E-state index in [1.807, 2.05) is 0 Å². The molecule has 2 heterocycles. The van der Waals surface area contributed by atoms with Gasteiger partial charge in [-0.2, -0.15) is 11.8 Å². The van der Waals surface area contributed by atoms with Crippen LogP contribution in [0.3, 0.4) is 0 Å². The molecule has 13 heavy (non-hydrogen) atoms. The van der Waals surface area contributed by atoms with Gasteiger partial charge in [-0.15, -0.1) is 0 Å². The van der Waals surface area contributed by atoms with Crippen LogP contribution in [0, 0.1) is 0 Å². The van der Waals surface area contributed by atoms with Crippen molar-refractivity contribution in [2.45, 2.75) is 50.1 Å². The van der Waals surface area contributed by atoms with Crippen molar-refractivity contribution >= 4 is 11.8 Å². The summed E-state index contributed by atoms with van der Waals surface area (Å²) in [4.78, 5) is 0. The van der Waals surface area contributed by atoms with Crippen molar-refractivity contribution in [3.05, 3.63) is 0 Å². The van der Waals surface area contributed by atoms with Crippen LogP contribution in [0.4, 0.5) is 0 Å². The summed E-state index contributed by atoms with van der Waals surface area (Å²) < 4.78 is 5.91. The SMILES string of the molecule is CC1(C)COC(C)(C2CCCS2)N1. The number of ether oxygens (including phenoxy) is 1. The van der Waals surface area contributed by atoms with Gasteiger partial charge in [-0.05, 0) is 39.4 Å². The minimum Gasteiger partial charge on any atom is -0.358 e. The molecule has 2 nitrogen and oxygen atoms in total. The molecule has 2 atom stereocenters. The van der Waals surface area contributed by atoms with E-state index in [9.17, 15) is 0 Å². The number of thioether (sulfide) groups is 1. The first kappa shape index (κ1) is 9.81. The first-order valence-corrected chi connectivity index (χ1v) is 6.12. The van der Waals surface area contributed by atoms with Crippen LogP contribution in [0.25, 0.3) is 0 Å². The molecule has 0 amide bonds. The number of hydrogen-bond donors (Lipinski definition) is 1. The fourth-order valence-corrected chi connectivity index (χ4v) is 3.66. The molecule has 2 aliphatic heterocycles. The maximum Gasteiger partial charge on any atom is 0.128 e. The van der Waals surface area contributed by atoms with E-state index in [1.165, 1.54) is 18.6 Å². The first-order valence-electron chi connectivity index (χ1n) is 5.07. The van der Waals surface area contributed by atoms with Gasteiger partial charge in [-0.25, -0.2) is 0 Å². The molecule has 2 unspecified atom stereocenters. The minimum atomic E-state index is -0.0787. The molecule has 2 fully saturated rings. The van der Waals surface area contributed by atoms with E-state index in [-0.39, 0.29) is 11.3 Å². The molecular formula is C10H19NOS. The highest BCUT2D eigenvalue weighted by Crippen LogP contribution is 2.39. The lowest BCUT2D eigenvalue weighted by Gasteiger charge is -2.31. The van der Waals surface area contributed by atoms with Gasteiger partial charge >= 0.3 is 0 Å². The summed E-state index contributed by atoms with van der Waals surface area (Å²) in [6.07, 6.45) is 2.64. The van der Waals surface area contributed by atoms with Crippen LogP contribution < -0.4 is 5.32 Å². The van der Waals surface area contributed by atoms with Gasteiger partial charge < -0.3 is 4.74 Å². The zero-order valence-corrected chi connectivity index (χ0v) is 9.54. The van der Waals surface area contributed by atoms with Crippen molar-refractivity contribution in [3.8, 4) is 0 Å². The standard InChI is InChI=1S/C10H19NOS/c1-9(2)7-12-10(3,11-9)8-5-4-6-13-8/h8,11H,4-7H2,1-3H3. The summed E-state index contributed by atoms with van der Waals surface area (Å²) in [6.45, 7) is 7.45. The van der Waals surface area contributed by atoms with Gasteiger partial charge in [0.05, 0.1) is 6.61 Å². The van der Waals surface area contributed by atoms with Crippen LogP contribution in [0.1, 0.15) is 33.6 Å². The van der Waals surface area contributed by atoms with Crippen molar-refractivity contribution in [2.75, 3.05) is 12.4 Å². The predicted molar refractivity (Wildman–Crippen MR) is 57.1 cm³/mol. The highest BCUT2D eigenvalue weighted by atomic mass is 32.2. The summed E-state index contributed by atoms with van der Waals surface area (Å²) in [5.41, 5.74) is 0.0720. The Morgan fingerprint density at radius 2 is 2.15 bits per heavy atom. The van der Waals surface area contributed by atoms with E-state index >= 15 is 0 Å². The van der Waals surface area contributed by atoms with E-state index < -0.39 is 0 Å². The van der Waals surface area contributed by atoms with E-state index in [0.29, 0.717) is 5.25 Å². The molecule has 0 spiro atoms. The van der Waals surface area contributed by atoms with E-state index in [1.54, 1.807) is 0 Å². The highest BCUT2D eigenvalue weighted by Gasteiger charge is 2.46. The minimum absolute atomic E-state index is 0.0787. The van der Waals surface area contributed by atoms with Crippen LogP contribution in [0.2, 0.25) is 0 Å². The number of hydrogen-bond acceptors (Lipinski definition) is 3. The number of rotatable bonds is 1. The van der Waals surface area contributed by atoms with Crippen LogP contribution in [-0.2, 0) is 4.74 Å². The molecule has 0 aromatic carbocycles. The molecule has 0 aromatic rings. The lowest BCUT2D eigenvalue weighted by Crippen LogP contribution is -2.52. The Kier molecular flexibility index (Phi) is 2.37. The van der Waals surface area contributed by atoms with E-state index in [2.05, 4.69) is 37.8 Å². The van der Waals surface area contributed by atoms with Gasteiger partial charge in [-0.1, -0.05) is 0 Å². The molecule has 2 saturated heterocycles. The fourth-order valence-electron chi connectivity index (χ4n) is 2.26. The van der Waals surface area contributed by atoms with E-state index in [0.717, 1.165) is 6.61 Å². The smallest absolute Gasteiger partial charge is 0.128 e. The summed E-state index contributed by atoms with van der Waals surface area (Å²) in [6, 6.07) is 0. The van der Waals surface area contributed by atoms with Gasteiger partial charge in [0, 0.05) is 10.8 Å². The Labute approximate surface area is 84.8 Å². The second-order valence-corrected chi connectivity index (χ2v) is 6.22. The molecule has 0 bridgehead atoms. The van der Waals surface area contributed by atoms with Crippen LogP contribution >= 0.6 is 11.8 Å². The Balaban J connectivity index is 2.05. The van der Waals surface area contributed by atoms with Crippen molar-refractivity contribution < 1.29 is 4.74 Å². The molecule has 2 aliphatic rings. The second kappa shape index (κ2) is 3.14. The quantitative estimate of drug-likeness (QED) is 0.701. The topological polar surface area (TPSA) is 21.3 Å². The van der Waals surface area contributed by atoms with Gasteiger partial charge in [0.1, 0.15) is 5.72 Å². The van der Waals surface area contributed by atoms with Crippen molar-refractivity contribution in [2.24, 2.45) is 0 Å².